The average molecular weight is 355 g/mol. The van der Waals surface area contributed by atoms with Crippen LogP contribution in [0.4, 0.5) is 5.69 Å². The van der Waals surface area contributed by atoms with Crippen LogP contribution in [-0.4, -0.2) is 15.7 Å². The Morgan fingerprint density at radius 1 is 1.16 bits per heavy atom. The maximum absolute atomic E-state index is 12.3. The van der Waals surface area contributed by atoms with Gasteiger partial charge in [-0.25, -0.2) is 4.57 Å². The van der Waals surface area contributed by atoms with Crippen LogP contribution in [-0.2, 0) is 6.54 Å². The van der Waals surface area contributed by atoms with Crippen LogP contribution in [0, 0.1) is 10.1 Å². The Hall–Kier alpha value is -3.12. The highest BCUT2D eigenvalue weighted by atomic mass is 35.5. The number of Topliss-reactive ketones (excluding diaryl/α,β-unsaturated/α-hetero) is 1. The smallest absolute Gasteiger partial charge is 0.287 e. The zero-order valence-corrected chi connectivity index (χ0v) is 13.8. The lowest BCUT2D eigenvalue weighted by Crippen LogP contribution is -2.37. The summed E-state index contributed by atoms with van der Waals surface area (Å²) in [6, 6.07) is 14.8. The zero-order valence-electron chi connectivity index (χ0n) is 13.0. The molecule has 0 saturated heterocycles. The van der Waals surface area contributed by atoms with Crippen molar-refractivity contribution < 1.29 is 14.3 Å². The number of ketones is 1. The summed E-state index contributed by atoms with van der Waals surface area (Å²) < 4.78 is 1.61. The third kappa shape index (κ3) is 3.87. The van der Waals surface area contributed by atoms with Gasteiger partial charge in [0.15, 0.2) is 12.2 Å². The molecule has 2 aromatic carbocycles. The normalized spacial score (nSPS) is 10.4. The van der Waals surface area contributed by atoms with Gasteiger partial charge in [-0.2, -0.15) is 0 Å². The third-order valence-corrected chi connectivity index (χ3v) is 3.95. The molecule has 3 aromatic rings. The van der Waals surface area contributed by atoms with Crippen LogP contribution in [0.2, 0.25) is 5.02 Å². The van der Waals surface area contributed by atoms with E-state index in [1.165, 1.54) is 24.5 Å². The number of carbonyl (C=O) groups is 1. The van der Waals surface area contributed by atoms with Crippen molar-refractivity contribution in [3.05, 3.63) is 87.8 Å². The Bertz CT molecular complexity index is 942. The number of non-ortho nitro benzene ring substituents is 1. The van der Waals surface area contributed by atoms with Crippen LogP contribution in [0.1, 0.15) is 10.4 Å². The van der Waals surface area contributed by atoms with Crippen molar-refractivity contribution in [2.75, 3.05) is 0 Å². The van der Waals surface area contributed by atoms with E-state index in [2.05, 4.69) is 4.98 Å². The fourth-order valence-corrected chi connectivity index (χ4v) is 2.59. The van der Waals surface area contributed by atoms with Crippen LogP contribution in [0.5, 0.6) is 0 Å². The molecule has 0 fully saturated rings. The molecule has 0 aliphatic carbocycles. The molecule has 0 N–H and O–H groups in total. The van der Waals surface area contributed by atoms with Crippen molar-refractivity contribution in [3.63, 3.8) is 0 Å². The van der Waals surface area contributed by atoms with E-state index in [-0.39, 0.29) is 23.6 Å². The lowest BCUT2D eigenvalue weighted by atomic mass is 10.1. The van der Waals surface area contributed by atoms with Gasteiger partial charge >= 0.3 is 0 Å². The van der Waals surface area contributed by atoms with Gasteiger partial charge in [0.2, 0.25) is 5.78 Å². The Kier molecular flexibility index (Phi) is 4.81. The minimum Gasteiger partial charge on any atom is -0.290 e. The van der Waals surface area contributed by atoms with Crippen molar-refractivity contribution in [2.24, 2.45) is 0 Å². The van der Waals surface area contributed by atoms with Gasteiger partial charge in [0.1, 0.15) is 0 Å². The first-order chi connectivity index (χ1) is 12.0. The molecule has 3 rings (SSSR count). The topological polar surface area (TPSA) is 77.0 Å². The van der Waals surface area contributed by atoms with Crippen molar-refractivity contribution in [1.82, 2.24) is 4.98 Å². The summed E-state index contributed by atoms with van der Waals surface area (Å²) in [7, 11) is 0. The van der Waals surface area contributed by atoms with Gasteiger partial charge in [-0.3, -0.25) is 14.9 Å². The molecule has 0 bridgehead atoms. The molecule has 124 valence electrons. The number of carbonyl (C=O) groups excluding carboxylic acids is 1. The van der Waals surface area contributed by atoms with E-state index in [1.54, 1.807) is 29.0 Å². The summed E-state index contributed by atoms with van der Waals surface area (Å²) in [5, 5.41) is 11.4. The van der Waals surface area contributed by atoms with E-state index < -0.39 is 4.92 Å². The van der Waals surface area contributed by atoms with Crippen LogP contribution in [0.3, 0.4) is 0 Å². The largest absolute Gasteiger partial charge is 0.290 e. The summed E-state index contributed by atoms with van der Waals surface area (Å²) in [6.45, 7) is 0.0387. The first-order valence-corrected chi connectivity index (χ1v) is 7.80. The van der Waals surface area contributed by atoms with Crippen molar-refractivity contribution in [1.29, 1.82) is 0 Å². The fraction of sp³-hybridized carbons (Fsp3) is 0.0556. The minimum absolute atomic E-state index is 0.0387. The maximum atomic E-state index is 12.3. The first-order valence-electron chi connectivity index (χ1n) is 7.42. The van der Waals surface area contributed by atoms with Crippen molar-refractivity contribution >= 4 is 23.1 Å². The van der Waals surface area contributed by atoms with E-state index in [9.17, 15) is 14.9 Å². The van der Waals surface area contributed by atoms with Gasteiger partial charge in [-0.15, -0.1) is 0 Å². The molecule has 0 aliphatic rings. The monoisotopic (exact) mass is 354 g/mol. The summed E-state index contributed by atoms with van der Waals surface area (Å²) in [4.78, 5) is 26.9. The number of hydrogen-bond acceptors (Lipinski definition) is 4. The highest BCUT2D eigenvalue weighted by Gasteiger charge is 2.15. The lowest BCUT2D eigenvalue weighted by molar-refractivity contribution is -0.686. The standard InChI is InChI=1S/C18H13ClN3O3/c19-16-7-2-1-6-15(16)17-8-9-21(12-20-17)11-18(23)13-4-3-5-14(10-13)22(24)25/h1-10,12H,11H2/q+1. The van der Waals surface area contributed by atoms with Gasteiger partial charge in [-0.05, 0) is 17.1 Å². The Morgan fingerprint density at radius 2 is 1.96 bits per heavy atom. The van der Waals surface area contributed by atoms with E-state index in [4.69, 9.17) is 11.6 Å². The Labute approximate surface area is 148 Å². The summed E-state index contributed by atoms with van der Waals surface area (Å²) in [6.07, 6.45) is 3.26. The van der Waals surface area contributed by atoms with E-state index in [0.717, 1.165) is 5.56 Å². The van der Waals surface area contributed by atoms with Crippen molar-refractivity contribution in [2.45, 2.75) is 6.54 Å². The van der Waals surface area contributed by atoms with Gasteiger partial charge in [0.25, 0.3) is 12.0 Å². The van der Waals surface area contributed by atoms with Crippen LogP contribution >= 0.6 is 11.6 Å². The summed E-state index contributed by atoms with van der Waals surface area (Å²) >= 11 is 6.15. The van der Waals surface area contributed by atoms with Gasteiger partial charge < -0.3 is 0 Å². The molecule has 0 atom stereocenters. The number of nitro groups is 1. The second-order valence-corrected chi connectivity index (χ2v) is 5.74. The fourth-order valence-electron chi connectivity index (χ4n) is 2.36. The number of hydrogen-bond donors (Lipinski definition) is 0. The molecule has 6 nitrogen and oxygen atoms in total. The van der Waals surface area contributed by atoms with Gasteiger partial charge in [0, 0.05) is 29.3 Å². The van der Waals surface area contributed by atoms with Gasteiger partial charge in [0.05, 0.1) is 16.1 Å². The number of halogens is 1. The van der Waals surface area contributed by atoms with Crippen molar-refractivity contribution in [3.8, 4) is 11.3 Å². The molecule has 25 heavy (non-hydrogen) atoms. The van der Waals surface area contributed by atoms with Gasteiger partial charge in [-0.1, -0.05) is 35.9 Å². The summed E-state index contributed by atoms with van der Waals surface area (Å²) in [5.74, 6) is -0.235. The predicted molar refractivity (Wildman–Crippen MR) is 92.3 cm³/mol. The Morgan fingerprint density at radius 3 is 2.64 bits per heavy atom. The molecule has 1 aromatic heterocycles. The van der Waals surface area contributed by atoms with Crippen LogP contribution in [0.25, 0.3) is 11.3 Å². The van der Waals surface area contributed by atoms with E-state index in [0.29, 0.717) is 10.7 Å². The number of benzene rings is 2. The molecule has 0 aliphatic heterocycles. The minimum atomic E-state index is -0.524. The van der Waals surface area contributed by atoms with E-state index >= 15 is 0 Å². The highest BCUT2D eigenvalue weighted by Crippen LogP contribution is 2.24. The second kappa shape index (κ2) is 7.19. The number of nitro benzene ring substituents is 1. The zero-order chi connectivity index (χ0) is 17.8. The first kappa shape index (κ1) is 16.7. The predicted octanol–water partition coefficient (Wildman–Crippen LogP) is 3.48. The molecular formula is C18H13ClN3O3+. The van der Waals surface area contributed by atoms with Crippen LogP contribution < -0.4 is 4.57 Å². The average Bonchev–Trinajstić information content (AvgIpc) is 2.63. The molecule has 0 spiro atoms. The molecular weight excluding hydrogens is 342 g/mol. The Balaban J connectivity index is 1.77. The third-order valence-electron chi connectivity index (χ3n) is 3.62. The SMILES string of the molecule is O=C(C[n+]1ccc(-c2ccccc2Cl)nc1)c1cccc([N+](=O)[O-])c1. The molecule has 0 radical (unpaired) electrons. The second-order valence-electron chi connectivity index (χ2n) is 5.33. The quantitative estimate of drug-likeness (QED) is 0.304. The maximum Gasteiger partial charge on any atom is 0.287 e. The van der Waals surface area contributed by atoms with E-state index in [1.807, 2.05) is 18.2 Å². The lowest BCUT2D eigenvalue weighted by Gasteiger charge is -2.02. The van der Waals surface area contributed by atoms with Crippen LogP contribution in [0.15, 0.2) is 67.1 Å². The molecule has 0 amide bonds. The summed E-state index contributed by atoms with van der Waals surface area (Å²) in [5.41, 5.74) is 1.69. The highest BCUT2D eigenvalue weighted by molar-refractivity contribution is 6.33. The number of rotatable bonds is 5. The molecule has 1 heterocycles. The number of aromatic nitrogens is 2. The molecule has 0 unspecified atom stereocenters. The molecule has 7 heteroatoms. The molecule has 0 saturated carbocycles. The number of nitrogens with zero attached hydrogens (tertiary/aromatic N) is 3.